The number of rotatable bonds is 3. The fourth-order valence-corrected chi connectivity index (χ4v) is 4.03. The van der Waals surface area contributed by atoms with E-state index in [-0.39, 0.29) is 17.0 Å². The van der Waals surface area contributed by atoms with Crippen LogP contribution in [0.25, 0.3) is 5.65 Å². The molecule has 4 rings (SSSR count). The van der Waals surface area contributed by atoms with Crippen molar-refractivity contribution in [3.8, 4) is 0 Å². The second-order valence-electron chi connectivity index (χ2n) is 9.25. The molecule has 3 aromatic rings. The van der Waals surface area contributed by atoms with E-state index in [0.29, 0.717) is 36.5 Å². The lowest BCUT2D eigenvalue weighted by Crippen LogP contribution is -2.39. The van der Waals surface area contributed by atoms with Crippen LogP contribution in [0.3, 0.4) is 0 Å². The first-order valence-corrected chi connectivity index (χ1v) is 10.8. The monoisotopic (exact) mass is 448 g/mol. The number of likely N-dealkylation sites (tertiary alicyclic amines) is 1. The predicted molar refractivity (Wildman–Crippen MR) is 112 cm³/mol. The molecule has 172 valence electrons. The minimum atomic E-state index is -4.56. The Morgan fingerprint density at radius 3 is 2.56 bits per heavy atom. The number of nitrogens with zero attached hydrogens (tertiary/aromatic N) is 5. The highest BCUT2D eigenvalue weighted by Gasteiger charge is 2.37. The Kier molecular flexibility index (Phi) is 5.50. The Morgan fingerprint density at radius 2 is 1.94 bits per heavy atom. The molecule has 0 unspecified atom stereocenters. The van der Waals surface area contributed by atoms with Gasteiger partial charge in [0.25, 0.3) is 5.91 Å². The lowest BCUT2D eigenvalue weighted by Gasteiger charge is -2.34. The van der Waals surface area contributed by atoms with Gasteiger partial charge in [-0.05, 0) is 37.8 Å². The highest BCUT2D eigenvalue weighted by atomic mass is 19.4. The van der Waals surface area contributed by atoms with Gasteiger partial charge in [0.2, 0.25) is 0 Å². The predicted octanol–water partition coefficient (Wildman–Crippen LogP) is 4.70. The number of aromatic amines is 1. The standard InChI is InChI=1S/C22H27F3N6O/c1-5-13-10-18(22(23,24)25)31-19(26-13)12-14(29-31)16-8-6-7-9-30(16)20(32)15-11-17(28-27-15)21(2,3)4/h10-12,16H,5-9H2,1-4H3,(H,27,28)/t16-/m1/s1. The third-order valence-electron chi connectivity index (χ3n) is 5.86. The summed E-state index contributed by atoms with van der Waals surface area (Å²) in [5.74, 6) is -0.253. The zero-order valence-electron chi connectivity index (χ0n) is 18.6. The number of halogens is 3. The van der Waals surface area contributed by atoms with Crippen LogP contribution >= 0.6 is 0 Å². The van der Waals surface area contributed by atoms with E-state index in [1.165, 1.54) is 0 Å². The Balaban J connectivity index is 1.72. The molecule has 1 fully saturated rings. The van der Waals surface area contributed by atoms with E-state index in [4.69, 9.17) is 0 Å². The maximum Gasteiger partial charge on any atom is 0.433 e. The molecule has 1 N–H and O–H groups in total. The van der Waals surface area contributed by atoms with Crippen molar-refractivity contribution >= 4 is 11.6 Å². The van der Waals surface area contributed by atoms with Gasteiger partial charge in [-0.25, -0.2) is 9.50 Å². The molecule has 3 aromatic heterocycles. The number of amides is 1. The number of aromatic nitrogens is 5. The Hall–Kier alpha value is -2.91. The summed E-state index contributed by atoms with van der Waals surface area (Å²) in [6.07, 6.45) is -1.89. The van der Waals surface area contributed by atoms with Crippen LogP contribution in [0.4, 0.5) is 13.2 Å². The molecule has 0 spiro atoms. The SMILES string of the molecule is CCc1cc(C(F)(F)F)n2nc([C@H]3CCCCN3C(=O)c3cc(C(C)(C)C)[nH]n3)cc2n1. The number of nitrogens with one attached hydrogen (secondary N) is 1. The van der Waals surface area contributed by atoms with Crippen molar-refractivity contribution in [2.24, 2.45) is 0 Å². The molecule has 1 atom stereocenters. The summed E-state index contributed by atoms with van der Waals surface area (Å²) in [6.45, 7) is 8.31. The fraction of sp³-hybridized carbons (Fsp3) is 0.545. The zero-order valence-corrected chi connectivity index (χ0v) is 18.6. The average Bonchev–Trinajstić information content (AvgIpc) is 3.38. The van der Waals surface area contributed by atoms with E-state index in [9.17, 15) is 18.0 Å². The third kappa shape index (κ3) is 4.10. The Morgan fingerprint density at radius 1 is 1.19 bits per heavy atom. The first-order chi connectivity index (χ1) is 15.0. The lowest BCUT2D eigenvalue weighted by atomic mass is 9.92. The van der Waals surface area contributed by atoms with E-state index in [1.807, 2.05) is 20.8 Å². The number of H-pyrrole nitrogens is 1. The number of carbonyl (C=O) groups excluding carboxylic acids is 1. The van der Waals surface area contributed by atoms with Gasteiger partial charge in [-0.1, -0.05) is 27.7 Å². The zero-order chi connectivity index (χ0) is 23.3. The molecular weight excluding hydrogens is 421 g/mol. The van der Waals surface area contributed by atoms with E-state index in [0.717, 1.165) is 29.1 Å². The normalized spacial score (nSPS) is 17.8. The van der Waals surface area contributed by atoms with E-state index in [2.05, 4.69) is 20.3 Å². The summed E-state index contributed by atoms with van der Waals surface area (Å²) in [7, 11) is 0. The van der Waals surface area contributed by atoms with Gasteiger partial charge < -0.3 is 4.90 Å². The first-order valence-electron chi connectivity index (χ1n) is 10.8. The maximum atomic E-state index is 13.6. The molecule has 32 heavy (non-hydrogen) atoms. The van der Waals surface area contributed by atoms with Crippen LogP contribution in [-0.2, 0) is 18.0 Å². The van der Waals surface area contributed by atoms with Crippen LogP contribution in [0.15, 0.2) is 18.2 Å². The number of fused-ring (bicyclic) bond motifs is 1. The van der Waals surface area contributed by atoms with Gasteiger partial charge in [-0.3, -0.25) is 9.89 Å². The number of hydrogen-bond acceptors (Lipinski definition) is 4. The van der Waals surface area contributed by atoms with Crippen LogP contribution < -0.4 is 0 Å². The minimum absolute atomic E-state index is 0.138. The van der Waals surface area contributed by atoms with Gasteiger partial charge in [0.15, 0.2) is 5.65 Å². The van der Waals surface area contributed by atoms with Gasteiger partial charge in [-0.15, -0.1) is 0 Å². The molecule has 0 bridgehead atoms. The molecular formula is C22H27F3N6O. The molecule has 0 radical (unpaired) electrons. The second kappa shape index (κ2) is 7.90. The van der Waals surface area contributed by atoms with Crippen molar-refractivity contribution in [2.75, 3.05) is 6.54 Å². The number of piperidine rings is 1. The van der Waals surface area contributed by atoms with Gasteiger partial charge in [0, 0.05) is 29.4 Å². The summed E-state index contributed by atoms with van der Waals surface area (Å²) < 4.78 is 41.8. The Labute approximate surface area is 184 Å². The first kappa shape index (κ1) is 22.3. The van der Waals surface area contributed by atoms with Crippen molar-refractivity contribution in [3.05, 3.63) is 46.7 Å². The Bertz CT molecular complexity index is 1140. The fourth-order valence-electron chi connectivity index (χ4n) is 4.03. The summed E-state index contributed by atoms with van der Waals surface area (Å²) in [5, 5.41) is 11.4. The largest absolute Gasteiger partial charge is 0.433 e. The second-order valence-corrected chi connectivity index (χ2v) is 9.25. The van der Waals surface area contributed by atoms with Crippen LogP contribution in [-0.4, -0.2) is 42.1 Å². The van der Waals surface area contributed by atoms with Gasteiger partial charge in [0.1, 0.15) is 11.4 Å². The van der Waals surface area contributed by atoms with Gasteiger partial charge in [-0.2, -0.15) is 23.4 Å². The third-order valence-corrected chi connectivity index (χ3v) is 5.86. The molecule has 4 heterocycles. The van der Waals surface area contributed by atoms with Crippen LogP contribution in [0.1, 0.15) is 86.3 Å². The van der Waals surface area contributed by atoms with Gasteiger partial charge in [0.05, 0.1) is 11.7 Å². The average molecular weight is 448 g/mol. The highest BCUT2D eigenvalue weighted by molar-refractivity contribution is 5.92. The molecule has 0 aromatic carbocycles. The van der Waals surface area contributed by atoms with Crippen molar-refractivity contribution in [1.29, 1.82) is 0 Å². The van der Waals surface area contributed by atoms with E-state index in [1.54, 1.807) is 24.0 Å². The molecule has 0 aliphatic carbocycles. The smallest absolute Gasteiger partial charge is 0.329 e. The van der Waals surface area contributed by atoms with Crippen LogP contribution in [0.5, 0.6) is 0 Å². The molecule has 1 aliphatic heterocycles. The van der Waals surface area contributed by atoms with E-state index >= 15 is 0 Å². The number of alkyl halides is 3. The van der Waals surface area contributed by atoms with Crippen LogP contribution in [0, 0.1) is 0 Å². The number of hydrogen-bond donors (Lipinski definition) is 1. The number of aryl methyl sites for hydroxylation is 1. The molecule has 0 saturated carbocycles. The van der Waals surface area contributed by atoms with Crippen molar-refractivity contribution in [3.63, 3.8) is 0 Å². The van der Waals surface area contributed by atoms with E-state index < -0.39 is 17.9 Å². The topological polar surface area (TPSA) is 79.2 Å². The number of carbonyl (C=O) groups is 1. The summed E-state index contributed by atoms with van der Waals surface area (Å²) in [6, 6.07) is 3.91. The lowest BCUT2D eigenvalue weighted by molar-refractivity contribution is -0.142. The minimum Gasteiger partial charge on any atom is -0.329 e. The highest BCUT2D eigenvalue weighted by Crippen LogP contribution is 2.34. The van der Waals surface area contributed by atoms with Crippen molar-refractivity contribution in [1.82, 2.24) is 29.7 Å². The maximum absolute atomic E-state index is 13.6. The molecule has 1 saturated heterocycles. The molecule has 7 nitrogen and oxygen atoms in total. The summed E-state index contributed by atoms with van der Waals surface area (Å²) in [4.78, 5) is 19.3. The summed E-state index contributed by atoms with van der Waals surface area (Å²) >= 11 is 0. The quantitative estimate of drug-likeness (QED) is 0.630. The summed E-state index contributed by atoms with van der Waals surface area (Å²) in [5.41, 5.74) is 0.988. The molecule has 1 aliphatic rings. The van der Waals surface area contributed by atoms with Crippen molar-refractivity contribution in [2.45, 2.75) is 71.0 Å². The molecule has 10 heteroatoms. The van der Waals surface area contributed by atoms with Gasteiger partial charge >= 0.3 is 6.18 Å². The van der Waals surface area contributed by atoms with Crippen LogP contribution in [0.2, 0.25) is 0 Å². The van der Waals surface area contributed by atoms with Crippen molar-refractivity contribution < 1.29 is 18.0 Å². The molecule has 1 amide bonds.